The van der Waals surface area contributed by atoms with Crippen LogP contribution in [-0.4, -0.2) is 47.2 Å². The second kappa shape index (κ2) is 11.4. The molecule has 4 rings (SSSR count). The van der Waals surface area contributed by atoms with Crippen LogP contribution in [0.3, 0.4) is 0 Å². The minimum atomic E-state index is -1.10. The van der Waals surface area contributed by atoms with Gasteiger partial charge in [0.2, 0.25) is 0 Å². The van der Waals surface area contributed by atoms with Gasteiger partial charge in [-0.25, -0.2) is 0 Å². The van der Waals surface area contributed by atoms with Crippen LogP contribution < -0.4 is 14.2 Å². The summed E-state index contributed by atoms with van der Waals surface area (Å²) in [6, 6.07) is 18.4. The lowest BCUT2D eigenvalue weighted by Gasteiger charge is -2.24. The van der Waals surface area contributed by atoms with Crippen LogP contribution in [0.1, 0.15) is 47.8 Å². The Balaban J connectivity index is 1.62. The van der Waals surface area contributed by atoms with E-state index in [0.29, 0.717) is 40.7 Å². The number of hydrogen-bond acceptors (Lipinski definition) is 5. The molecule has 1 amide bonds. The molecule has 0 saturated carbocycles. The van der Waals surface area contributed by atoms with Crippen molar-refractivity contribution in [3.63, 3.8) is 0 Å². The quantitative estimate of drug-likeness (QED) is 0.352. The second-order valence-electron chi connectivity index (χ2n) is 10.0. The standard InChI is InChI=1S/C30H32ClNO6/c1-19(2)37-25-8-6-5-7-21(25)17-32(18-27(33)34)29(35)22-13-23-16-30(3,38-28(23)26(14-22)36-4)15-20-9-11-24(31)12-10-20/h5-14,19H,15-18H2,1-4H3,(H,33,34). The Bertz CT molecular complexity index is 1320. The number of ether oxygens (including phenoxy) is 3. The van der Waals surface area contributed by atoms with Crippen molar-refractivity contribution in [2.24, 2.45) is 0 Å². The molecular formula is C30H32ClNO6. The van der Waals surface area contributed by atoms with Crippen LogP contribution in [0.15, 0.2) is 60.7 Å². The fourth-order valence-electron chi connectivity index (χ4n) is 4.75. The fourth-order valence-corrected chi connectivity index (χ4v) is 4.88. The molecule has 7 nitrogen and oxygen atoms in total. The molecule has 0 spiro atoms. The van der Waals surface area contributed by atoms with Gasteiger partial charge in [0.25, 0.3) is 5.91 Å². The molecule has 1 aliphatic heterocycles. The average Bonchev–Trinajstić information content (AvgIpc) is 3.20. The maximum absolute atomic E-state index is 13.7. The third-order valence-corrected chi connectivity index (χ3v) is 6.56. The topological polar surface area (TPSA) is 85.3 Å². The number of aliphatic carboxylic acids is 1. The normalized spacial score (nSPS) is 16.1. The number of benzene rings is 3. The molecule has 200 valence electrons. The smallest absolute Gasteiger partial charge is 0.323 e. The summed E-state index contributed by atoms with van der Waals surface area (Å²) in [5.74, 6) is 0.126. The SMILES string of the molecule is COc1cc(C(=O)N(CC(=O)O)Cc2ccccc2OC(C)C)cc2c1OC(C)(Cc1ccc(Cl)cc1)C2. The molecule has 1 aliphatic rings. The lowest BCUT2D eigenvalue weighted by Crippen LogP contribution is -2.35. The van der Waals surface area contributed by atoms with E-state index >= 15 is 0 Å². The van der Waals surface area contributed by atoms with Crippen molar-refractivity contribution in [1.29, 1.82) is 0 Å². The number of carboxylic acids is 1. The number of carbonyl (C=O) groups is 2. The van der Waals surface area contributed by atoms with Gasteiger partial charge >= 0.3 is 5.97 Å². The van der Waals surface area contributed by atoms with E-state index in [1.165, 1.54) is 12.0 Å². The fraction of sp³-hybridized carbons (Fsp3) is 0.333. The number of methoxy groups -OCH3 is 1. The lowest BCUT2D eigenvalue weighted by atomic mass is 9.91. The van der Waals surface area contributed by atoms with Gasteiger partial charge in [0, 0.05) is 34.6 Å². The summed E-state index contributed by atoms with van der Waals surface area (Å²) in [4.78, 5) is 26.7. The summed E-state index contributed by atoms with van der Waals surface area (Å²) in [6.07, 6.45) is 1.14. The largest absolute Gasteiger partial charge is 0.493 e. The Morgan fingerprint density at radius 1 is 1.11 bits per heavy atom. The number of rotatable bonds is 10. The van der Waals surface area contributed by atoms with Crippen molar-refractivity contribution >= 4 is 23.5 Å². The highest BCUT2D eigenvalue weighted by Crippen LogP contribution is 2.44. The summed E-state index contributed by atoms with van der Waals surface area (Å²) in [6.45, 7) is 5.47. The van der Waals surface area contributed by atoms with Crippen molar-refractivity contribution < 1.29 is 28.9 Å². The number of carboxylic acid groups (broad SMARTS) is 1. The van der Waals surface area contributed by atoms with E-state index in [1.807, 2.05) is 69.3 Å². The number of amides is 1. The molecule has 3 aromatic rings. The van der Waals surface area contributed by atoms with E-state index in [-0.39, 0.29) is 12.6 Å². The first-order valence-electron chi connectivity index (χ1n) is 12.5. The third-order valence-electron chi connectivity index (χ3n) is 6.31. The molecule has 1 unspecified atom stereocenters. The van der Waals surface area contributed by atoms with Crippen molar-refractivity contribution in [3.05, 3.63) is 87.9 Å². The van der Waals surface area contributed by atoms with Crippen LogP contribution in [0.5, 0.6) is 17.2 Å². The number of fused-ring (bicyclic) bond motifs is 1. The summed E-state index contributed by atoms with van der Waals surface area (Å²) < 4.78 is 17.8. The van der Waals surface area contributed by atoms with Crippen molar-refractivity contribution in [2.45, 2.75) is 51.9 Å². The monoisotopic (exact) mass is 537 g/mol. The van der Waals surface area contributed by atoms with Gasteiger partial charge in [0.15, 0.2) is 11.5 Å². The molecule has 1 N–H and O–H groups in total. The second-order valence-corrected chi connectivity index (χ2v) is 10.5. The lowest BCUT2D eigenvalue weighted by molar-refractivity contribution is -0.137. The van der Waals surface area contributed by atoms with Gasteiger partial charge in [0.05, 0.1) is 19.8 Å². The van der Waals surface area contributed by atoms with Gasteiger partial charge in [0.1, 0.15) is 17.9 Å². The first-order chi connectivity index (χ1) is 18.1. The Morgan fingerprint density at radius 2 is 1.82 bits per heavy atom. The van der Waals surface area contributed by atoms with Crippen molar-refractivity contribution in [2.75, 3.05) is 13.7 Å². The zero-order valence-corrected chi connectivity index (χ0v) is 22.7. The highest BCUT2D eigenvalue weighted by atomic mass is 35.5. The average molecular weight is 538 g/mol. The van der Waals surface area contributed by atoms with Crippen LogP contribution in [-0.2, 0) is 24.2 Å². The van der Waals surface area contributed by atoms with Gasteiger partial charge in [-0.3, -0.25) is 9.59 Å². The number of hydrogen-bond donors (Lipinski definition) is 1. The molecule has 38 heavy (non-hydrogen) atoms. The molecule has 1 heterocycles. The molecule has 0 radical (unpaired) electrons. The van der Waals surface area contributed by atoms with E-state index in [0.717, 1.165) is 16.7 Å². The number of nitrogens with zero attached hydrogens (tertiary/aromatic N) is 1. The molecule has 0 aromatic heterocycles. The van der Waals surface area contributed by atoms with Crippen LogP contribution >= 0.6 is 11.6 Å². The van der Waals surface area contributed by atoms with Crippen LogP contribution in [0.2, 0.25) is 5.02 Å². The summed E-state index contributed by atoms with van der Waals surface area (Å²) >= 11 is 6.03. The molecular weight excluding hydrogens is 506 g/mol. The van der Waals surface area contributed by atoms with E-state index in [2.05, 4.69) is 0 Å². The van der Waals surface area contributed by atoms with Gasteiger partial charge in [-0.1, -0.05) is 41.9 Å². The Hall–Kier alpha value is -3.71. The predicted molar refractivity (Wildman–Crippen MR) is 145 cm³/mol. The molecule has 8 heteroatoms. The highest BCUT2D eigenvalue weighted by Gasteiger charge is 2.38. The van der Waals surface area contributed by atoms with E-state index in [4.69, 9.17) is 25.8 Å². The zero-order chi connectivity index (χ0) is 27.4. The van der Waals surface area contributed by atoms with E-state index in [1.54, 1.807) is 12.1 Å². The molecule has 3 aromatic carbocycles. The molecule has 0 fully saturated rings. The van der Waals surface area contributed by atoms with Crippen LogP contribution in [0.25, 0.3) is 0 Å². The predicted octanol–water partition coefficient (Wildman–Crippen LogP) is 5.80. The highest BCUT2D eigenvalue weighted by molar-refractivity contribution is 6.30. The van der Waals surface area contributed by atoms with Gasteiger partial charge < -0.3 is 24.2 Å². The number of carbonyl (C=O) groups excluding carboxylic acids is 1. The van der Waals surface area contributed by atoms with E-state index in [9.17, 15) is 14.7 Å². The molecule has 0 aliphatic carbocycles. The summed E-state index contributed by atoms with van der Waals surface area (Å²) in [7, 11) is 1.52. The van der Waals surface area contributed by atoms with Gasteiger partial charge in [-0.15, -0.1) is 0 Å². The number of para-hydroxylation sites is 1. The molecule has 0 bridgehead atoms. The first-order valence-corrected chi connectivity index (χ1v) is 12.8. The third kappa shape index (κ3) is 6.40. The number of halogens is 1. The minimum Gasteiger partial charge on any atom is -0.493 e. The Labute approximate surface area is 227 Å². The first kappa shape index (κ1) is 27.3. The van der Waals surface area contributed by atoms with Gasteiger partial charge in [-0.2, -0.15) is 0 Å². The minimum absolute atomic E-state index is 0.0667. The summed E-state index contributed by atoms with van der Waals surface area (Å²) in [5, 5.41) is 10.2. The maximum atomic E-state index is 13.7. The maximum Gasteiger partial charge on any atom is 0.323 e. The Kier molecular flexibility index (Phi) is 8.17. The van der Waals surface area contributed by atoms with Crippen molar-refractivity contribution in [1.82, 2.24) is 4.90 Å². The van der Waals surface area contributed by atoms with Crippen molar-refractivity contribution in [3.8, 4) is 17.2 Å². The van der Waals surface area contributed by atoms with Crippen LogP contribution in [0.4, 0.5) is 0 Å². The van der Waals surface area contributed by atoms with Gasteiger partial charge in [-0.05, 0) is 56.7 Å². The molecule has 0 saturated heterocycles. The van der Waals surface area contributed by atoms with Crippen LogP contribution in [0, 0.1) is 0 Å². The molecule has 1 atom stereocenters. The summed E-state index contributed by atoms with van der Waals surface area (Å²) in [5.41, 5.74) is 2.43. The zero-order valence-electron chi connectivity index (χ0n) is 22.0. The van der Waals surface area contributed by atoms with E-state index < -0.39 is 24.0 Å². The Morgan fingerprint density at radius 3 is 2.47 bits per heavy atom.